The molecule has 7 heteroatoms. The van der Waals surface area contributed by atoms with Gasteiger partial charge < -0.3 is 5.73 Å². The summed E-state index contributed by atoms with van der Waals surface area (Å²) in [6.07, 6.45) is 4.09. The van der Waals surface area contributed by atoms with Gasteiger partial charge in [-0.1, -0.05) is 0 Å². The fraction of sp³-hybridized carbons (Fsp3) is 0.250. The van der Waals surface area contributed by atoms with Gasteiger partial charge in [-0.3, -0.25) is 4.98 Å². The van der Waals surface area contributed by atoms with Crippen molar-refractivity contribution in [3.8, 4) is 11.5 Å². The van der Waals surface area contributed by atoms with E-state index in [0.29, 0.717) is 23.3 Å². The van der Waals surface area contributed by atoms with Crippen LogP contribution in [0.1, 0.15) is 24.5 Å². The highest BCUT2D eigenvalue weighted by atomic mass is 127. The van der Waals surface area contributed by atoms with E-state index < -0.39 is 0 Å². The van der Waals surface area contributed by atoms with E-state index in [1.54, 1.807) is 6.20 Å². The topological polar surface area (TPSA) is 64.7 Å². The van der Waals surface area contributed by atoms with Crippen molar-refractivity contribution in [2.75, 3.05) is 5.73 Å². The number of nitrogen functional groups attached to an aromatic ring is 1. The summed E-state index contributed by atoms with van der Waals surface area (Å²) in [5.41, 5.74) is 7.76. The van der Waals surface area contributed by atoms with Crippen molar-refractivity contribution in [2.45, 2.75) is 18.8 Å². The molecule has 0 bridgehead atoms. The number of nitrogens with two attached hydrogens (primary N) is 1. The van der Waals surface area contributed by atoms with Crippen LogP contribution in [0.2, 0.25) is 0 Å². The lowest BCUT2D eigenvalue weighted by Crippen LogP contribution is -2.05. The predicted octanol–water partition coefficient (Wildman–Crippen LogP) is 4.13. The molecule has 2 N–H and O–H groups in total. The Morgan fingerprint density at radius 2 is 2.00 bits per heavy atom. The largest absolute Gasteiger partial charge is 0.383 e. The van der Waals surface area contributed by atoms with Gasteiger partial charge in [-0.05, 0) is 73.4 Å². The molecule has 1 aliphatic rings. The third kappa shape index (κ3) is 2.78. The number of aromatic nitrogens is 3. The van der Waals surface area contributed by atoms with Crippen molar-refractivity contribution < 1.29 is 0 Å². The van der Waals surface area contributed by atoms with Gasteiger partial charge in [0, 0.05) is 21.1 Å². The molecular weight excluding hydrogens is 487 g/mol. The molecule has 0 spiro atoms. The first-order chi connectivity index (χ1) is 9.06. The average molecular weight is 496 g/mol. The van der Waals surface area contributed by atoms with Gasteiger partial charge in [0.2, 0.25) is 0 Å². The van der Waals surface area contributed by atoms with E-state index in [-0.39, 0.29) is 0 Å². The standard InChI is InChI=1S/C12H9Br2IN4/c13-6-3-7(14)10(17-4-6)12-18-9(5-1-2-5)8(15)11(16)19-12/h3-5H,1-2H2,(H2,16,18,19). The summed E-state index contributed by atoms with van der Waals surface area (Å²) in [5.74, 6) is 1.65. The highest BCUT2D eigenvalue weighted by Crippen LogP contribution is 2.42. The summed E-state index contributed by atoms with van der Waals surface area (Å²) in [6, 6.07) is 1.93. The van der Waals surface area contributed by atoms with Crippen LogP contribution in [0.5, 0.6) is 0 Å². The Labute approximate surface area is 141 Å². The summed E-state index contributed by atoms with van der Waals surface area (Å²) in [6.45, 7) is 0. The van der Waals surface area contributed by atoms with Crippen molar-refractivity contribution in [3.63, 3.8) is 0 Å². The van der Waals surface area contributed by atoms with Gasteiger partial charge in [0.05, 0.1) is 9.26 Å². The third-order valence-electron chi connectivity index (χ3n) is 2.89. The van der Waals surface area contributed by atoms with Crippen LogP contribution in [-0.2, 0) is 0 Å². The second-order valence-corrected chi connectivity index (χ2v) is 7.24. The normalized spacial score (nSPS) is 14.7. The van der Waals surface area contributed by atoms with Gasteiger partial charge in [-0.2, -0.15) is 0 Å². The number of rotatable bonds is 2. The van der Waals surface area contributed by atoms with Gasteiger partial charge in [0.15, 0.2) is 5.82 Å². The summed E-state index contributed by atoms with van der Waals surface area (Å²) in [7, 11) is 0. The Morgan fingerprint density at radius 3 is 2.63 bits per heavy atom. The lowest BCUT2D eigenvalue weighted by Gasteiger charge is -2.09. The van der Waals surface area contributed by atoms with E-state index in [1.807, 2.05) is 6.07 Å². The van der Waals surface area contributed by atoms with Crippen LogP contribution in [-0.4, -0.2) is 15.0 Å². The fourth-order valence-electron chi connectivity index (χ4n) is 1.79. The Kier molecular flexibility index (Phi) is 3.78. The second kappa shape index (κ2) is 5.25. The van der Waals surface area contributed by atoms with Gasteiger partial charge in [-0.15, -0.1) is 0 Å². The van der Waals surface area contributed by atoms with Gasteiger partial charge in [0.25, 0.3) is 0 Å². The number of halogens is 3. The molecule has 3 rings (SSSR count). The van der Waals surface area contributed by atoms with Crippen molar-refractivity contribution in [1.29, 1.82) is 0 Å². The van der Waals surface area contributed by atoms with Gasteiger partial charge in [0.1, 0.15) is 11.5 Å². The van der Waals surface area contributed by atoms with Crippen LogP contribution in [0.15, 0.2) is 21.2 Å². The molecule has 0 unspecified atom stereocenters. The highest BCUT2D eigenvalue weighted by Gasteiger charge is 2.29. The van der Waals surface area contributed by atoms with E-state index in [1.165, 1.54) is 12.8 Å². The number of pyridine rings is 1. The molecule has 1 aliphatic carbocycles. The molecule has 19 heavy (non-hydrogen) atoms. The van der Waals surface area contributed by atoms with Gasteiger partial charge >= 0.3 is 0 Å². The van der Waals surface area contributed by atoms with Crippen molar-refractivity contribution in [1.82, 2.24) is 15.0 Å². The van der Waals surface area contributed by atoms with Gasteiger partial charge in [-0.25, -0.2) is 9.97 Å². The Balaban J connectivity index is 2.14. The first kappa shape index (κ1) is 13.7. The van der Waals surface area contributed by atoms with Crippen LogP contribution in [0.3, 0.4) is 0 Å². The maximum atomic E-state index is 5.99. The lowest BCUT2D eigenvalue weighted by molar-refractivity contribution is 0.975. The highest BCUT2D eigenvalue weighted by molar-refractivity contribution is 14.1. The minimum atomic E-state index is 0.532. The monoisotopic (exact) mass is 494 g/mol. The van der Waals surface area contributed by atoms with Crippen molar-refractivity contribution >= 4 is 60.3 Å². The van der Waals surface area contributed by atoms with E-state index in [4.69, 9.17) is 5.73 Å². The molecule has 0 amide bonds. The molecular formula is C12H9Br2IN4. The van der Waals surface area contributed by atoms with Crippen LogP contribution < -0.4 is 5.73 Å². The minimum absolute atomic E-state index is 0.532. The molecule has 0 atom stereocenters. The summed E-state index contributed by atoms with van der Waals surface area (Å²) in [5, 5.41) is 0. The molecule has 0 aliphatic heterocycles. The quantitative estimate of drug-likeness (QED) is 0.636. The van der Waals surface area contributed by atoms with Crippen LogP contribution >= 0.6 is 54.5 Å². The number of hydrogen-bond acceptors (Lipinski definition) is 4. The molecule has 2 aromatic rings. The van der Waals surface area contributed by atoms with E-state index in [2.05, 4.69) is 69.4 Å². The molecule has 2 aromatic heterocycles. The number of hydrogen-bond donors (Lipinski definition) is 1. The molecule has 1 saturated carbocycles. The maximum Gasteiger partial charge on any atom is 0.181 e. The Bertz CT molecular complexity index is 658. The number of nitrogens with zero attached hydrogens (tertiary/aromatic N) is 3. The summed E-state index contributed by atoms with van der Waals surface area (Å²) >= 11 is 9.09. The summed E-state index contributed by atoms with van der Waals surface area (Å²) in [4.78, 5) is 13.4. The zero-order chi connectivity index (χ0) is 13.6. The minimum Gasteiger partial charge on any atom is -0.383 e. The second-order valence-electron chi connectivity index (χ2n) is 4.39. The van der Waals surface area contributed by atoms with E-state index in [0.717, 1.165) is 18.2 Å². The fourth-order valence-corrected chi connectivity index (χ4v) is 3.64. The SMILES string of the molecule is Nc1nc(-c2ncc(Br)cc2Br)nc(C2CC2)c1I. The third-order valence-corrected chi connectivity index (χ3v) is 5.03. The molecule has 98 valence electrons. The zero-order valence-electron chi connectivity index (χ0n) is 9.70. The number of anilines is 1. The molecule has 4 nitrogen and oxygen atoms in total. The van der Waals surface area contributed by atoms with Crippen LogP contribution in [0.25, 0.3) is 11.5 Å². The zero-order valence-corrected chi connectivity index (χ0v) is 15.0. The lowest BCUT2D eigenvalue weighted by atomic mass is 10.2. The Morgan fingerprint density at radius 1 is 1.26 bits per heavy atom. The summed E-state index contributed by atoms with van der Waals surface area (Å²) < 4.78 is 2.73. The smallest absolute Gasteiger partial charge is 0.181 e. The van der Waals surface area contributed by atoms with Crippen LogP contribution in [0.4, 0.5) is 5.82 Å². The molecule has 2 heterocycles. The first-order valence-corrected chi connectivity index (χ1v) is 8.37. The van der Waals surface area contributed by atoms with E-state index >= 15 is 0 Å². The van der Waals surface area contributed by atoms with Crippen molar-refractivity contribution in [3.05, 3.63) is 30.5 Å². The van der Waals surface area contributed by atoms with Crippen molar-refractivity contribution in [2.24, 2.45) is 0 Å². The van der Waals surface area contributed by atoms with E-state index in [9.17, 15) is 0 Å². The average Bonchev–Trinajstić information content (AvgIpc) is 3.17. The Hall–Kier alpha value is -0.280. The molecule has 0 radical (unpaired) electrons. The maximum absolute atomic E-state index is 5.99. The predicted molar refractivity (Wildman–Crippen MR) is 89.8 cm³/mol. The van der Waals surface area contributed by atoms with Crippen LogP contribution in [0, 0.1) is 3.57 Å². The molecule has 1 fully saturated rings. The first-order valence-electron chi connectivity index (χ1n) is 5.70. The molecule has 0 aromatic carbocycles. The molecule has 0 saturated heterocycles.